The molecule has 0 aromatic heterocycles. The van der Waals surface area contributed by atoms with Crippen molar-refractivity contribution in [3.8, 4) is 17.2 Å². The summed E-state index contributed by atoms with van der Waals surface area (Å²) >= 11 is 5.70. The van der Waals surface area contributed by atoms with Crippen LogP contribution in [0.2, 0.25) is 5.02 Å². The zero-order chi connectivity index (χ0) is 24.8. The molecule has 7 heteroatoms. The molecule has 0 aliphatic carbocycles. The third kappa shape index (κ3) is 6.32. The van der Waals surface area contributed by atoms with Crippen LogP contribution in [0.15, 0.2) is 66.7 Å². The van der Waals surface area contributed by atoms with Crippen molar-refractivity contribution in [3.05, 3.63) is 88.7 Å². The number of ether oxygens (including phenoxy) is 2. The zero-order valence-corrected chi connectivity index (χ0v) is 20.3. The highest BCUT2D eigenvalue weighted by Gasteiger charge is 2.25. The van der Waals surface area contributed by atoms with Crippen LogP contribution < -0.4 is 9.47 Å². The maximum absolute atomic E-state index is 13.6. The Hall–Kier alpha value is -3.09. The van der Waals surface area contributed by atoms with Crippen LogP contribution in [0.25, 0.3) is 11.1 Å². The topological polar surface area (TPSA) is 41.9 Å². The summed E-state index contributed by atoms with van der Waals surface area (Å²) in [6, 6.07) is 19.5. The van der Waals surface area contributed by atoms with Crippen LogP contribution in [-0.2, 0) is 0 Å². The molecule has 0 saturated carbocycles. The summed E-state index contributed by atoms with van der Waals surface area (Å²) in [4.78, 5) is 2.22. The molecule has 0 bridgehead atoms. The number of halogens is 3. The predicted octanol–water partition coefficient (Wildman–Crippen LogP) is 6.47. The Bertz CT molecular complexity index is 1180. The molecule has 5 rings (SSSR count). The minimum atomic E-state index is -0.444. The highest BCUT2D eigenvalue weighted by atomic mass is 35.5. The van der Waals surface area contributed by atoms with E-state index >= 15 is 0 Å². The van der Waals surface area contributed by atoms with Gasteiger partial charge in [-0.05, 0) is 54.5 Å². The fourth-order valence-electron chi connectivity index (χ4n) is 4.11. The highest BCUT2D eigenvalue weighted by Crippen LogP contribution is 2.38. The number of rotatable bonds is 6. The maximum Gasteiger partial charge on any atom is 0.142 e. The second kappa shape index (κ2) is 11.6. The second-order valence-corrected chi connectivity index (χ2v) is 9.05. The van der Waals surface area contributed by atoms with Gasteiger partial charge in [0.15, 0.2) is 0 Å². The van der Waals surface area contributed by atoms with Crippen LogP contribution >= 0.6 is 11.6 Å². The van der Waals surface area contributed by atoms with Crippen molar-refractivity contribution < 1.29 is 23.4 Å². The van der Waals surface area contributed by atoms with E-state index in [9.17, 15) is 13.9 Å². The van der Waals surface area contributed by atoms with E-state index in [1.165, 1.54) is 6.07 Å². The summed E-state index contributed by atoms with van der Waals surface area (Å²) < 4.78 is 36.9. The Morgan fingerprint density at radius 2 is 1.86 bits per heavy atom. The van der Waals surface area contributed by atoms with Crippen LogP contribution in [0.3, 0.4) is 0 Å². The third-order valence-electron chi connectivity index (χ3n) is 6.13. The fraction of sp³-hybridized carbons (Fsp3) is 0.286. The number of likely N-dealkylation sites (tertiary alicyclic amines) is 1. The van der Waals surface area contributed by atoms with E-state index in [0.29, 0.717) is 19.0 Å². The SMILES string of the molecule is CC1=C(c2ccc(Cl)c(F)c2)COc2cc(O)ccc21.FCC1CN(CCOc2ccccc2)C1. The summed E-state index contributed by atoms with van der Waals surface area (Å²) in [6.07, 6.45) is 0. The Morgan fingerprint density at radius 1 is 1.09 bits per heavy atom. The molecule has 3 aromatic carbocycles. The van der Waals surface area contributed by atoms with E-state index < -0.39 is 5.82 Å². The Kier molecular flexibility index (Phi) is 8.26. The van der Waals surface area contributed by atoms with Crippen molar-refractivity contribution in [1.29, 1.82) is 0 Å². The van der Waals surface area contributed by atoms with Crippen molar-refractivity contribution in [2.45, 2.75) is 6.92 Å². The number of benzene rings is 3. The van der Waals surface area contributed by atoms with Gasteiger partial charge in [0.2, 0.25) is 0 Å². The third-order valence-corrected chi connectivity index (χ3v) is 6.44. The molecular weight excluding hydrogens is 472 g/mol. The van der Waals surface area contributed by atoms with Crippen LogP contribution in [0.4, 0.5) is 8.78 Å². The largest absolute Gasteiger partial charge is 0.508 e. The first kappa shape index (κ1) is 25.0. The first-order valence-electron chi connectivity index (χ1n) is 11.5. The molecule has 2 aliphatic heterocycles. The summed E-state index contributed by atoms with van der Waals surface area (Å²) in [5, 5.41) is 9.57. The van der Waals surface area contributed by atoms with Crippen LogP contribution in [0.1, 0.15) is 18.1 Å². The minimum Gasteiger partial charge on any atom is -0.508 e. The number of nitrogens with zero attached hydrogens (tertiary/aromatic N) is 1. The number of hydrogen-bond donors (Lipinski definition) is 1. The van der Waals surface area contributed by atoms with Gasteiger partial charge in [0.05, 0.1) is 11.7 Å². The monoisotopic (exact) mass is 499 g/mol. The standard InChI is InChI=1S/C16H12ClFO2.C12H16FNO/c1-9-12-4-3-11(19)7-16(12)20-8-13(9)10-2-5-14(17)15(18)6-10;13-8-11-9-14(10-11)6-7-15-12-4-2-1-3-5-12/h2-7,19H,8H2,1H3;1-5,11H,6-10H2. The van der Waals surface area contributed by atoms with E-state index in [0.717, 1.165) is 47.7 Å². The van der Waals surface area contributed by atoms with Crippen molar-refractivity contribution in [2.24, 2.45) is 5.92 Å². The smallest absolute Gasteiger partial charge is 0.142 e. The molecular formula is C28H28ClF2NO3. The second-order valence-electron chi connectivity index (χ2n) is 8.64. The molecule has 1 fully saturated rings. The lowest BCUT2D eigenvalue weighted by Crippen LogP contribution is -2.49. The Labute approximate surface area is 209 Å². The predicted molar refractivity (Wildman–Crippen MR) is 135 cm³/mol. The van der Waals surface area contributed by atoms with Gasteiger partial charge in [-0.1, -0.05) is 35.9 Å². The lowest BCUT2D eigenvalue weighted by Gasteiger charge is -2.37. The zero-order valence-electron chi connectivity index (χ0n) is 19.5. The molecule has 184 valence electrons. The summed E-state index contributed by atoms with van der Waals surface area (Å²) in [5.74, 6) is 1.53. The maximum atomic E-state index is 13.6. The molecule has 2 aliphatic rings. The molecule has 1 N–H and O–H groups in total. The fourth-order valence-corrected chi connectivity index (χ4v) is 4.23. The number of para-hydroxylation sites is 1. The highest BCUT2D eigenvalue weighted by molar-refractivity contribution is 6.30. The number of phenols is 1. The van der Waals surface area contributed by atoms with Crippen molar-refractivity contribution >= 4 is 22.7 Å². The van der Waals surface area contributed by atoms with Gasteiger partial charge in [-0.2, -0.15) is 0 Å². The van der Waals surface area contributed by atoms with E-state index in [-0.39, 0.29) is 23.4 Å². The van der Waals surface area contributed by atoms with Gasteiger partial charge < -0.3 is 14.6 Å². The molecule has 0 spiro atoms. The summed E-state index contributed by atoms with van der Waals surface area (Å²) in [6.45, 7) is 5.46. The first-order chi connectivity index (χ1) is 16.9. The van der Waals surface area contributed by atoms with Crippen LogP contribution in [0, 0.1) is 11.7 Å². The summed E-state index contributed by atoms with van der Waals surface area (Å²) in [5.41, 5.74) is 3.58. The molecule has 1 saturated heterocycles. The van der Waals surface area contributed by atoms with Gasteiger partial charge in [0.1, 0.15) is 36.3 Å². The summed E-state index contributed by atoms with van der Waals surface area (Å²) in [7, 11) is 0. The Morgan fingerprint density at radius 3 is 2.57 bits per heavy atom. The first-order valence-corrected chi connectivity index (χ1v) is 11.9. The molecule has 35 heavy (non-hydrogen) atoms. The lowest BCUT2D eigenvalue weighted by molar-refractivity contribution is 0.0668. The number of fused-ring (bicyclic) bond motifs is 1. The molecule has 2 heterocycles. The molecule has 0 amide bonds. The van der Waals surface area contributed by atoms with Gasteiger partial charge in [-0.25, -0.2) is 4.39 Å². The molecule has 0 unspecified atom stereocenters. The van der Waals surface area contributed by atoms with Crippen LogP contribution in [0.5, 0.6) is 17.2 Å². The average molecular weight is 500 g/mol. The molecule has 3 aromatic rings. The minimum absolute atomic E-state index is 0.106. The number of phenolic OH excluding ortho intramolecular Hbond substituents is 1. The van der Waals surface area contributed by atoms with E-state index in [2.05, 4.69) is 4.90 Å². The van der Waals surface area contributed by atoms with Gasteiger partial charge in [0, 0.05) is 42.8 Å². The lowest BCUT2D eigenvalue weighted by atomic mass is 9.93. The van der Waals surface area contributed by atoms with Crippen molar-refractivity contribution in [1.82, 2.24) is 4.90 Å². The van der Waals surface area contributed by atoms with Crippen molar-refractivity contribution in [3.63, 3.8) is 0 Å². The van der Waals surface area contributed by atoms with E-state index in [1.54, 1.807) is 30.3 Å². The number of allylic oxidation sites excluding steroid dienone is 1. The molecule has 0 atom stereocenters. The van der Waals surface area contributed by atoms with Gasteiger partial charge >= 0.3 is 0 Å². The van der Waals surface area contributed by atoms with Gasteiger partial charge in [-0.15, -0.1) is 0 Å². The average Bonchev–Trinajstić information content (AvgIpc) is 2.83. The van der Waals surface area contributed by atoms with Crippen LogP contribution in [-0.4, -0.2) is 49.5 Å². The van der Waals surface area contributed by atoms with Crippen molar-refractivity contribution in [2.75, 3.05) is 39.5 Å². The normalized spacial score (nSPS) is 15.4. The number of alkyl halides is 1. The quantitative estimate of drug-likeness (QED) is 0.422. The number of aromatic hydroxyl groups is 1. The molecule has 0 radical (unpaired) electrons. The Balaban J connectivity index is 0.000000172. The number of hydrogen-bond acceptors (Lipinski definition) is 4. The molecule has 4 nitrogen and oxygen atoms in total. The van der Waals surface area contributed by atoms with E-state index in [4.69, 9.17) is 21.1 Å². The van der Waals surface area contributed by atoms with Gasteiger partial charge in [-0.3, -0.25) is 9.29 Å². The van der Waals surface area contributed by atoms with Gasteiger partial charge in [0.25, 0.3) is 0 Å². The van der Waals surface area contributed by atoms with E-state index in [1.807, 2.05) is 37.3 Å².